The highest BCUT2D eigenvalue weighted by atomic mass is 16.5. The van der Waals surface area contributed by atoms with Gasteiger partial charge >= 0.3 is 0 Å². The molecule has 0 saturated carbocycles. The summed E-state index contributed by atoms with van der Waals surface area (Å²) >= 11 is 0. The lowest BCUT2D eigenvalue weighted by molar-refractivity contribution is 0.332. The van der Waals surface area contributed by atoms with E-state index < -0.39 is 0 Å². The molecule has 1 aromatic carbocycles. The molecule has 0 aliphatic heterocycles. The van der Waals surface area contributed by atoms with Gasteiger partial charge in [-0.3, -0.25) is 0 Å². The molecule has 5 heteroatoms. The monoisotopic (exact) mass is 246 g/mol. The number of benzene rings is 1. The second-order valence-corrected chi connectivity index (χ2v) is 5.04. The number of rotatable bonds is 3. The zero-order valence-electron chi connectivity index (χ0n) is 11.1. The second-order valence-electron chi connectivity index (χ2n) is 5.04. The summed E-state index contributed by atoms with van der Waals surface area (Å²) in [7, 11) is 3.76. The average Bonchev–Trinajstić information content (AvgIpc) is 2.79. The Bertz CT molecular complexity index is 528. The summed E-state index contributed by atoms with van der Waals surface area (Å²) in [6, 6.07) is 7.71. The molecule has 0 radical (unpaired) electrons. The van der Waals surface area contributed by atoms with E-state index in [2.05, 4.69) is 10.1 Å². The van der Waals surface area contributed by atoms with Crippen molar-refractivity contribution in [3.63, 3.8) is 0 Å². The topological polar surface area (TPSA) is 68.2 Å². The summed E-state index contributed by atoms with van der Waals surface area (Å²) in [5.74, 6) is 1.17. The predicted octanol–water partition coefficient (Wildman–Crippen LogP) is 2.04. The van der Waals surface area contributed by atoms with Gasteiger partial charge < -0.3 is 15.2 Å². The second kappa shape index (κ2) is 4.33. The van der Waals surface area contributed by atoms with E-state index in [4.69, 9.17) is 10.3 Å². The summed E-state index contributed by atoms with van der Waals surface area (Å²) in [5.41, 5.74) is 7.19. The quantitative estimate of drug-likeness (QED) is 0.839. The fourth-order valence-electron chi connectivity index (χ4n) is 1.67. The zero-order chi connectivity index (χ0) is 13.3. The Morgan fingerprint density at radius 2 is 1.78 bits per heavy atom. The fourth-order valence-corrected chi connectivity index (χ4v) is 1.67. The maximum atomic E-state index is 5.69. The number of nitrogens with zero attached hydrogens (tertiary/aromatic N) is 3. The fraction of sp³-hybridized carbons (Fsp3) is 0.385. The molecule has 2 N–H and O–H groups in total. The van der Waals surface area contributed by atoms with Gasteiger partial charge in [0.05, 0.1) is 5.41 Å². The SMILES string of the molecule is CN(C)c1noc(C(C)(C)c2ccc(N)cc2)n1. The van der Waals surface area contributed by atoms with Crippen molar-refractivity contribution in [2.24, 2.45) is 0 Å². The maximum Gasteiger partial charge on any atom is 0.265 e. The van der Waals surface area contributed by atoms with Crippen LogP contribution >= 0.6 is 0 Å². The van der Waals surface area contributed by atoms with Crippen LogP contribution in [0.25, 0.3) is 0 Å². The maximum absolute atomic E-state index is 5.69. The van der Waals surface area contributed by atoms with Crippen molar-refractivity contribution in [2.45, 2.75) is 19.3 Å². The molecule has 1 aromatic heterocycles. The molecule has 18 heavy (non-hydrogen) atoms. The Balaban J connectivity index is 2.37. The summed E-state index contributed by atoms with van der Waals surface area (Å²) in [6.45, 7) is 4.09. The Kier molecular flexibility index (Phi) is 2.98. The minimum Gasteiger partial charge on any atom is -0.399 e. The largest absolute Gasteiger partial charge is 0.399 e. The van der Waals surface area contributed by atoms with Crippen LogP contribution in [0.5, 0.6) is 0 Å². The Labute approximate surface area is 107 Å². The lowest BCUT2D eigenvalue weighted by Crippen LogP contribution is -2.20. The predicted molar refractivity (Wildman–Crippen MR) is 71.6 cm³/mol. The van der Waals surface area contributed by atoms with Gasteiger partial charge in [0.25, 0.3) is 5.95 Å². The van der Waals surface area contributed by atoms with E-state index in [-0.39, 0.29) is 5.41 Å². The molecule has 0 spiro atoms. The number of aromatic nitrogens is 2. The normalized spacial score (nSPS) is 11.6. The highest BCUT2D eigenvalue weighted by molar-refractivity contribution is 5.43. The number of hydrogen-bond donors (Lipinski definition) is 1. The lowest BCUT2D eigenvalue weighted by Gasteiger charge is -2.20. The summed E-state index contributed by atoms with van der Waals surface area (Å²) < 4.78 is 5.34. The first-order valence-corrected chi connectivity index (χ1v) is 5.79. The van der Waals surface area contributed by atoms with Gasteiger partial charge in [0.1, 0.15) is 0 Å². The number of nitrogens with two attached hydrogens (primary N) is 1. The zero-order valence-corrected chi connectivity index (χ0v) is 11.1. The van der Waals surface area contributed by atoms with Crippen LogP contribution in [0.4, 0.5) is 11.6 Å². The van der Waals surface area contributed by atoms with Crippen LogP contribution in [0.15, 0.2) is 28.8 Å². The molecule has 0 aliphatic carbocycles. The molecule has 0 fully saturated rings. The Morgan fingerprint density at radius 1 is 1.17 bits per heavy atom. The van der Waals surface area contributed by atoms with Gasteiger partial charge in [-0.25, -0.2) is 0 Å². The third-order valence-electron chi connectivity index (χ3n) is 2.98. The lowest BCUT2D eigenvalue weighted by atomic mass is 9.84. The molecule has 0 amide bonds. The third-order valence-corrected chi connectivity index (χ3v) is 2.98. The van der Waals surface area contributed by atoms with Crippen molar-refractivity contribution >= 4 is 11.6 Å². The Hall–Kier alpha value is -2.04. The van der Waals surface area contributed by atoms with Crippen LogP contribution in [0.2, 0.25) is 0 Å². The molecule has 0 unspecified atom stereocenters. The highest BCUT2D eigenvalue weighted by Gasteiger charge is 2.30. The average molecular weight is 246 g/mol. The smallest absolute Gasteiger partial charge is 0.265 e. The minimum absolute atomic E-state index is 0.338. The molecule has 1 heterocycles. The van der Waals surface area contributed by atoms with E-state index >= 15 is 0 Å². The van der Waals surface area contributed by atoms with Crippen molar-refractivity contribution in [2.75, 3.05) is 24.7 Å². The molecule has 0 atom stereocenters. The molecule has 2 rings (SSSR count). The third kappa shape index (κ3) is 2.16. The van der Waals surface area contributed by atoms with Crippen LogP contribution in [0, 0.1) is 0 Å². The highest BCUT2D eigenvalue weighted by Crippen LogP contribution is 2.31. The van der Waals surface area contributed by atoms with Gasteiger partial charge in [-0.2, -0.15) is 4.98 Å². The van der Waals surface area contributed by atoms with Crippen molar-refractivity contribution < 1.29 is 4.52 Å². The van der Waals surface area contributed by atoms with E-state index in [1.54, 1.807) is 0 Å². The van der Waals surface area contributed by atoms with Crippen molar-refractivity contribution in [3.05, 3.63) is 35.7 Å². The van der Waals surface area contributed by atoms with E-state index in [0.29, 0.717) is 11.8 Å². The first-order chi connectivity index (χ1) is 8.41. The summed E-state index contributed by atoms with van der Waals surface area (Å²) in [6.07, 6.45) is 0. The molecule has 2 aromatic rings. The van der Waals surface area contributed by atoms with Crippen molar-refractivity contribution in [1.29, 1.82) is 0 Å². The first-order valence-electron chi connectivity index (χ1n) is 5.79. The van der Waals surface area contributed by atoms with Gasteiger partial charge in [-0.05, 0) is 36.7 Å². The molecule has 0 aliphatic rings. The molecular formula is C13H18N4O. The van der Waals surface area contributed by atoms with E-state index in [0.717, 1.165) is 11.3 Å². The first kappa shape index (κ1) is 12.4. The Morgan fingerprint density at radius 3 is 2.28 bits per heavy atom. The molecule has 5 nitrogen and oxygen atoms in total. The molecular weight excluding hydrogens is 228 g/mol. The van der Waals surface area contributed by atoms with Crippen LogP contribution in [-0.2, 0) is 5.41 Å². The molecule has 96 valence electrons. The standard InChI is InChI=1S/C13H18N4O/c1-13(2,9-5-7-10(14)8-6-9)11-15-12(16-18-11)17(3)4/h5-8H,14H2,1-4H3. The van der Waals surface area contributed by atoms with Crippen LogP contribution in [-0.4, -0.2) is 24.2 Å². The minimum atomic E-state index is -0.338. The van der Waals surface area contributed by atoms with Gasteiger partial charge in [0.2, 0.25) is 5.89 Å². The summed E-state index contributed by atoms with van der Waals surface area (Å²) in [5, 5.41) is 3.94. The number of nitrogen functional groups attached to an aromatic ring is 1. The van der Waals surface area contributed by atoms with E-state index in [9.17, 15) is 0 Å². The molecule has 0 bridgehead atoms. The molecule has 0 saturated heterocycles. The van der Waals surface area contributed by atoms with Gasteiger partial charge in [-0.15, -0.1) is 0 Å². The van der Waals surface area contributed by atoms with E-state index in [1.165, 1.54) is 0 Å². The van der Waals surface area contributed by atoms with Crippen LogP contribution in [0.3, 0.4) is 0 Å². The van der Waals surface area contributed by atoms with Crippen LogP contribution < -0.4 is 10.6 Å². The van der Waals surface area contributed by atoms with Gasteiger partial charge in [0.15, 0.2) is 0 Å². The number of anilines is 2. The summed E-state index contributed by atoms with van der Waals surface area (Å²) in [4.78, 5) is 6.21. The van der Waals surface area contributed by atoms with E-state index in [1.807, 2.05) is 57.1 Å². The van der Waals surface area contributed by atoms with Gasteiger partial charge in [-0.1, -0.05) is 12.1 Å². The number of hydrogen-bond acceptors (Lipinski definition) is 5. The van der Waals surface area contributed by atoms with Crippen molar-refractivity contribution in [3.8, 4) is 0 Å². The van der Waals surface area contributed by atoms with Crippen LogP contribution in [0.1, 0.15) is 25.3 Å². The van der Waals surface area contributed by atoms with Crippen molar-refractivity contribution in [1.82, 2.24) is 10.1 Å². The van der Waals surface area contributed by atoms with Gasteiger partial charge in [0, 0.05) is 19.8 Å².